The average molecular weight is 545 g/mol. The summed E-state index contributed by atoms with van der Waals surface area (Å²) in [5.74, 6) is 1.18. The van der Waals surface area contributed by atoms with Crippen LogP contribution in [0.15, 0.2) is 48.8 Å². The molecular weight excluding hydrogens is 507 g/mol. The molecule has 0 aliphatic heterocycles. The summed E-state index contributed by atoms with van der Waals surface area (Å²) in [4.78, 5) is 0. The highest BCUT2D eigenvalue weighted by Crippen LogP contribution is 2.42. The highest BCUT2D eigenvalue weighted by atomic mass is 19.1. The summed E-state index contributed by atoms with van der Waals surface area (Å²) >= 11 is 0. The molecule has 0 spiro atoms. The predicted molar refractivity (Wildman–Crippen MR) is 156 cm³/mol. The van der Waals surface area contributed by atoms with E-state index in [2.05, 4.69) is 17.1 Å². The van der Waals surface area contributed by atoms with Crippen LogP contribution in [0.25, 0.3) is 21.8 Å². The Morgan fingerprint density at radius 1 is 1.07 bits per heavy atom. The van der Waals surface area contributed by atoms with Crippen LogP contribution in [0, 0.1) is 5.82 Å². The Bertz CT molecular complexity index is 1720. The van der Waals surface area contributed by atoms with Crippen molar-refractivity contribution in [2.24, 2.45) is 14.1 Å². The molecule has 2 aromatic heterocycles. The fraction of sp³-hybridized carbons (Fsp3) is 0.375. The Labute approximate surface area is 234 Å². The number of fused-ring (bicyclic) bond motifs is 2. The number of methoxy groups -OCH3 is 1. The van der Waals surface area contributed by atoms with E-state index in [-0.39, 0.29) is 23.4 Å². The van der Waals surface area contributed by atoms with Crippen LogP contribution in [0.5, 0.6) is 17.2 Å². The van der Waals surface area contributed by atoms with Crippen LogP contribution in [0.4, 0.5) is 4.39 Å². The molecule has 1 N–H and O–H groups in total. The molecule has 0 radical (unpaired) electrons. The van der Waals surface area contributed by atoms with Gasteiger partial charge in [0.2, 0.25) is 0 Å². The van der Waals surface area contributed by atoms with Crippen molar-refractivity contribution in [2.45, 2.75) is 58.5 Å². The summed E-state index contributed by atoms with van der Waals surface area (Å²) in [5.41, 5.74) is 4.39. The molecule has 7 nitrogen and oxygen atoms in total. The first-order valence-corrected chi connectivity index (χ1v) is 13.6. The summed E-state index contributed by atoms with van der Waals surface area (Å²) in [6.07, 6.45) is 4.41. The average Bonchev–Trinajstić information content (AvgIpc) is 3.44. The molecule has 5 rings (SSSR count). The minimum atomic E-state index is -0.827. The molecule has 3 aromatic carbocycles. The van der Waals surface area contributed by atoms with Crippen molar-refractivity contribution in [3.05, 3.63) is 76.9 Å². The van der Waals surface area contributed by atoms with Gasteiger partial charge < -0.3 is 14.6 Å². The van der Waals surface area contributed by atoms with Crippen molar-refractivity contribution in [1.29, 1.82) is 0 Å². The van der Waals surface area contributed by atoms with E-state index in [9.17, 15) is 9.50 Å². The van der Waals surface area contributed by atoms with E-state index in [1.165, 1.54) is 6.07 Å². The lowest BCUT2D eigenvalue weighted by Gasteiger charge is -2.31. The third-order valence-corrected chi connectivity index (χ3v) is 7.69. The second kappa shape index (κ2) is 10.2. The molecule has 40 heavy (non-hydrogen) atoms. The number of nitrogens with zero attached hydrogens (tertiary/aromatic N) is 4. The van der Waals surface area contributed by atoms with Crippen LogP contribution < -0.4 is 9.47 Å². The Kier molecular flexibility index (Phi) is 6.98. The van der Waals surface area contributed by atoms with Gasteiger partial charge in [-0.3, -0.25) is 9.36 Å². The fourth-order valence-electron chi connectivity index (χ4n) is 5.80. The van der Waals surface area contributed by atoms with Gasteiger partial charge in [-0.2, -0.15) is 10.2 Å². The van der Waals surface area contributed by atoms with E-state index in [0.717, 1.165) is 44.2 Å². The zero-order valence-corrected chi connectivity index (χ0v) is 24.4. The number of halogens is 1. The normalized spacial score (nSPS) is 12.9. The molecule has 210 valence electrons. The van der Waals surface area contributed by atoms with E-state index < -0.39 is 5.60 Å². The third-order valence-electron chi connectivity index (χ3n) is 7.69. The largest absolute Gasteiger partial charge is 0.508 e. The monoisotopic (exact) mass is 544 g/mol. The molecule has 0 saturated heterocycles. The van der Waals surface area contributed by atoms with Crippen molar-refractivity contribution in [1.82, 2.24) is 19.6 Å². The molecule has 0 amide bonds. The van der Waals surface area contributed by atoms with Gasteiger partial charge in [0.15, 0.2) is 0 Å². The standard InChI is InChI=1S/C32H37FN4O3/c1-18(2)29-26(33)10-9-11-27(29)40-32(4,5)25-15-28(39-8)23(24-16-34-37(7)31(24)25)12-19(3)22-14-21(38)13-20-17-36(6)35-30(20)22/h9-11,13-19,38H,12H2,1-8H3. The predicted octanol–water partition coefficient (Wildman–Crippen LogP) is 7.10. The lowest BCUT2D eigenvalue weighted by atomic mass is 9.87. The lowest BCUT2D eigenvalue weighted by Crippen LogP contribution is -2.27. The molecule has 8 heteroatoms. The number of ether oxygens (including phenoxy) is 2. The molecular formula is C32H37FN4O3. The fourth-order valence-corrected chi connectivity index (χ4v) is 5.80. The zero-order valence-electron chi connectivity index (χ0n) is 24.4. The smallest absolute Gasteiger partial charge is 0.131 e. The van der Waals surface area contributed by atoms with Gasteiger partial charge in [-0.25, -0.2) is 4.39 Å². The number of hydrogen-bond acceptors (Lipinski definition) is 5. The van der Waals surface area contributed by atoms with E-state index in [1.54, 1.807) is 30.0 Å². The number of benzene rings is 3. The maximum absolute atomic E-state index is 14.8. The van der Waals surface area contributed by atoms with Gasteiger partial charge >= 0.3 is 0 Å². The van der Waals surface area contributed by atoms with E-state index in [4.69, 9.17) is 9.47 Å². The molecule has 1 atom stereocenters. The van der Waals surface area contributed by atoms with Crippen molar-refractivity contribution >= 4 is 21.8 Å². The molecule has 0 aliphatic carbocycles. The van der Waals surface area contributed by atoms with Crippen LogP contribution in [0.1, 0.15) is 68.7 Å². The number of hydrogen-bond donors (Lipinski definition) is 1. The van der Waals surface area contributed by atoms with Gasteiger partial charge in [0.1, 0.15) is 28.7 Å². The summed E-state index contributed by atoms with van der Waals surface area (Å²) in [6, 6.07) is 10.5. The van der Waals surface area contributed by atoms with E-state index in [1.807, 2.05) is 71.0 Å². The van der Waals surface area contributed by atoms with Gasteiger partial charge in [-0.05, 0) is 68.0 Å². The minimum Gasteiger partial charge on any atom is -0.508 e. The molecule has 0 saturated carbocycles. The van der Waals surface area contributed by atoms with E-state index >= 15 is 0 Å². The third kappa shape index (κ3) is 4.76. The van der Waals surface area contributed by atoms with Crippen LogP contribution in [0.2, 0.25) is 0 Å². The molecule has 0 fully saturated rings. The number of rotatable bonds is 8. The number of phenols is 1. The van der Waals surface area contributed by atoms with Crippen LogP contribution in [-0.4, -0.2) is 31.8 Å². The van der Waals surface area contributed by atoms with Gasteiger partial charge in [-0.1, -0.05) is 26.8 Å². The molecule has 1 unspecified atom stereocenters. The van der Waals surface area contributed by atoms with Crippen molar-refractivity contribution in [2.75, 3.05) is 7.11 Å². The number of aryl methyl sites for hydroxylation is 2. The molecule has 5 aromatic rings. The van der Waals surface area contributed by atoms with Crippen LogP contribution in [-0.2, 0) is 26.1 Å². The number of aromatic nitrogens is 4. The first kappa shape index (κ1) is 27.5. The zero-order chi connectivity index (χ0) is 28.9. The first-order chi connectivity index (χ1) is 18.9. The summed E-state index contributed by atoms with van der Waals surface area (Å²) in [5, 5.41) is 21.5. The number of aromatic hydroxyl groups is 1. The Morgan fingerprint density at radius 2 is 1.82 bits per heavy atom. The van der Waals surface area contributed by atoms with Crippen molar-refractivity contribution in [3.8, 4) is 17.2 Å². The SMILES string of the molecule is COc1cc(C(C)(C)Oc2cccc(F)c2C(C)C)c2c(cnn2C)c1CC(C)c1cc(O)cc2cn(C)nc12. The minimum absolute atomic E-state index is 0.0258. The molecule has 2 heterocycles. The number of phenolic OH excluding ortho intramolecular Hbond substituents is 1. The topological polar surface area (TPSA) is 74.3 Å². The first-order valence-electron chi connectivity index (χ1n) is 13.6. The summed E-state index contributed by atoms with van der Waals surface area (Å²) in [7, 11) is 5.46. The van der Waals surface area contributed by atoms with Gasteiger partial charge in [-0.15, -0.1) is 0 Å². The van der Waals surface area contributed by atoms with Crippen molar-refractivity contribution in [3.63, 3.8) is 0 Å². The molecule has 0 aliphatic rings. The maximum atomic E-state index is 14.8. The Balaban J connectivity index is 1.61. The van der Waals surface area contributed by atoms with E-state index in [0.29, 0.717) is 17.7 Å². The highest BCUT2D eigenvalue weighted by molar-refractivity contribution is 5.89. The van der Waals surface area contributed by atoms with Crippen LogP contribution >= 0.6 is 0 Å². The van der Waals surface area contributed by atoms with Gasteiger partial charge in [0.25, 0.3) is 0 Å². The second-order valence-corrected chi connectivity index (χ2v) is 11.4. The quantitative estimate of drug-likeness (QED) is 0.226. The van der Waals surface area contributed by atoms with Gasteiger partial charge in [0, 0.05) is 47.8 Å². The summed E-state index contributed by atoms with van der Waals surface area (Å²) < 4.78 is 30.9. The lowest BCUT2D eigenvalue weighted by molar-refractivity contribution is 0.107. The second-order valence-electron chi connectivity index (χ2n) is 11.4. The Hall–Kier alpha value is -4.07. The van der Waals surface area contributed by atoms with Crippen LogP contribution in [0.3, 0.4) is 0 Å². The van der Waals surface area contributed by atoms with Crippen molar-refractivity contribution < 1.29 is 19.0 Å². The maximum Gasteiger partial charge on any atom is 0.131 e. The Morgan fingerprint density at radius 3 is 2.52 bits per heavy atom. The van der Waals surface area contributed by atoms with Gasteiger partial charge in [0.05, 0.1) is 24.3 Å². The highest BCUT2D eigenvalue weighted by Gasteiger charge is 2.31. The summed E-state index contributed by atoms with van der Waals surface area (Å²) in [6.45, 7) is 10.0. The molecule has 0 bridgehead atoms.